The summed E-state index contributed by atoms with van der Waals surface area (Å²) in [5, 5.41) is 8.49. The average molecular weight is 239 g/mol. The highest BCUT2D eigenvalue weighted by atomic mass is 16.5. The summed E-state index contributed by atoms with van der Waals surface area (Å²) >= 11 is 0. The third-order valence-corrected chi connectivity index (χ3v) is 2.77. The fourth-order valence-corrected chi connectivity index (χ4v) is 1.97. The number of nitrogens with one attached hydrogen (secondary N) is 1. The number of nitrogens with zero attached hydrogens (tertiary/aromatic N) is 2. The Hall–Kier alpha value is -2.36. The number of aromatic nitrogens is 3. The highest BCUT2D eigenvalue weighted by Gasteiger charge is 2.08. The lowest BCUT2D eigenvalue weighted by atomic mass is 10.1. The van der Waals surface area contributed by atoms with Gasteiger partial charge in [0, 0.05) is 23.2 Å². The van der Waals surface area contributed by atoms with Crippen LogP contribution < -0.4 is 4.74 Å². The molecule has 0 spiro atoms. The monoisotopic (exact) mass is 239 g/mol. The molecule has 1 aromatic carbocycles. The van der Waals surface area contributed by atoms with Crippen LogP contribution in [0.1, 0.15) is 6.92 Å². The van der Waals surface area contributed by atoms with Gasteiger partial charge in [-0.2, -0.15) is 5.10 Å². The third-order valence-electron chi connectivity index (χ3n) is 2.77. The van der Waals surface area contributed by atoms with Gasteiger partial charge in [0.1, 0.15) is 5.69 Å². The van der Waals surface area contributed by atoms with Crippen molar-refractivity contribution in [1.82, 2.24) is 15.2 Å². The predicted molar refractivity (Wildman–Crippen MR) is 70.5 cm³/mol. The maximum Gasteiger partial charge on any atom is 0.213 e. The van der Waals surface area contributed by atoms with E-state index in [0.717, 1.165) is 22.2 Å². The topological polar surface area (TPSA) is 50.8 Å². The van der Waals surface area contributed by atoms with Crippen molar-refractivity contribution in [1.29, 1.82) is 0 Å². The zero-order valence-corrected chi connectivity index (χ0v) is 10.1. The van der Waals surface area contributed by atoms with Gasteiger partial charge in [-0.05, 0) is 19.1 Å². The molecule has 0 fully saturated rings. The van der Waals surface area contributed by atoms with Crippen molar-refractivity contribution in [3.8, 4) is 17.1 Å². The fourth-order valence-electron chi connectivity index (χ4n) is 1.97. The molecule has 4 nitrogen and oxygen atoms in total. The van der Waals surface area contributed by atoms with E-state index in [2.05, 4.69) is 21.2 Å². The van der Waals surface area contributed by atoms with Crippen LogP contribution in [0, 0.1) is 0 Å². The van der Waals surface area contributed by atoms with Crippen LogP contribution in [0.5, 0.6) is 5.88 Å². The predicted octanol–water partition coefficient (Wildman–Crippen LogP) is 3.02. The molecule has 0 bridgehead atoms. The van der Waals surface area contributed by atoms with Gasteiger partial charge in [-0.15, -0.1) is 0 Å². The van der Waals surface area contributed by atoms with Crippen molar-refractivity contribution in [3.63, 3.8) is 0 Å². The quantitative estimate of drug-likeness (QED) is 0.764. The summed E-state index contributed by atoms with van der Waals surface area (Å²) < 4.78 is 5.41. The van der Waals surface area contributed by atoms with Gasteiger partial charge in [0.05, 0.1) is 12.1 Å². The van der Waals surface area contributed by atoms with Crippen LogP contribution in [0.25, 0.3) is 22.2 Å². The van der Waals surface area contributed by atoms with Crippen LogP contribution in [0.15, 0.2) is 42.6 Å². The second-order valence-corrected chi connectivity index (χ2v) is 3.93. The van der Waals surface area contributed by atoms with Gasteiger partial charge >= 0.3 is 0 Å². The Bertz CT molecular complexity index is 675. The van der Waals surface area contributed by atoms with Crippen molar-refractivity contribution < 1.29 is 4.74 Å². The van der Waals surface area contributed by atoms with Gasteiger partial charge in [-0.3, -0.25) is 5.10 Å². The van der Waals surface area contributed by atoms with Crippen molar-refractivity contribution >= 4 is 10.9 Å². The van der Waals surface area contributed by atoms with Crippen LogP contribution >= 0.6 is 0 Å². The van der Waals surface area contributed by atoms with E-state index in [9.17, 15) is 0 Å². The standard InChI is InChI=1S/C14H13N3O/c1-2-18-13-9-10(7-8-15-13)14-11-5-3-4-6-12(11)16-17-14/h3-9H,2H2,1H3,(H,16,17). The number of pyridine rings is 1. The molecule has 0 atom stereocenters. The Labute approximate surface area is 105 Å². The number of hydrogen-bond donors (Lipinski definition) is 1. The van der Waals surface area contributed by atoms with E-state index in [1.165, 1.54) is 0 Å². The van der Waals surface area contributed by atoms with E-state index in [0.29, 0.717) is 12.5 Å². The number of benzene rings is 1. The van der Waals surface area contributed by atoms with Crippen LogP contribution in [0.2, 0.25) is 0 Å². The number of aromatic amines is 1. The molecule has 0 saturated carbocycles. The molecule has 0 unspecified atom stereocenters. The summed E-state index contributed by atoms with van der Waals surface area (Å²) in [6.45, 7) is 2.55. The van der Waals surface area contributed by atoms with Gasteiger partial charge in [0.25, 0.3) is 0 Å². The highest BCUT2D eigenvalue weighted by molar-refractivity contribution is 5.92. The number of H-pyrrole nitrogens is 1. The van der Waals surface area contributed by atoms with Crippen molar-refractivity contribution in [3.05, 3.63) is 42.6 Å². The van der Waals surface area contributed by atoms with Crippen LogP contribution in [-0.4, -0.2) is 21.8 Å². The molecule has 3 rings (SSSR count). The first-order chi connectivity index (χ1) is 8.88. The van der Waals surface area contributed by atoms with Gasteiger partial charge < -0.3 is 4.74 Å². The molecule has 0 aliphatic heterocycles. The van der Waals surface area contributed by atoms with Gasteiger partial charge in [-0.1, -0.05) is 18.2 Å². The van der Waals surface area contributed by atoms with Crippen molar-refractivity contribution in [2.24, 2.45) is 0 Å². The van der Waals surface area contributed by atoms with Gasteiger partial charge in [-0.25, -0.2) is 4.98 Å². The molecular weight excluding hydrogens is 226 g/mol. The normalized spacial score (nSPS) is 10.7. The minimum Gasteiger partial charge on any atom is -0.478 e. The molecule has 2 heterocycles. The summed E-state index contributed by atoms with van der Waals surface area (Å²) in [6.07, 6.45) is 1.74. The molecule has 0 aliphatic rings. The Morgan fingerprint density at radius 2 is 2.11 bits per heavy atom. The lowest BCUT2D eigenvalue weighted by molar-refractivity contribution is 0.327. The summed E-state index contributed by atoms with van der Waals surface area (Å²) in [4.78, 5) is 4.16. The lowest BCUT2D eigenvalue weighted by Gasteiger charge is -2.03. The average Bonchev–Trinajstić information content (AvgIpc) is 2.83. The first-order valence-electron chi connectivity index (χ1n) is 5.91. The van der Waals surface area contributed by atoms with Crippen LogP contribution in [0.4, 0.5) is 0 Å². The zero-order chi connectivity index (χ0) is 12.4. The molecular formula is C14H13N3O. The summed E-state index contributed by atoms with van der Waals surface area (Å²) in [5.41, 5.74) is 2.96. The molecule has 2 aromatic heterocycles. The second kappa shape index (κ2) is 4.49. The van der Waals surface area contributed by atoms with E-state index < -0.39 is 0 Å². The number of hydrogen-bond acceptors (Lipinski definition) is 3. The Morgan fingerprint density at radius 1 is 1.22 bits per heavy atom. The maximum absolute atomic E-state index is 5.41. The zero-order valence-electron chi connectivity index (χ0n) is 10.1. The molecule has 18 heavy (non-hydrogen) atoms. The fraction of sp³-hybridized carbons (Fsp3) is 0.143. The van der Waals surface area contributed by atoms with Crippen molar-refractivity contribution in [2.75, 3.05) is 6.61 Å². The molecule has 1 N–H and O–H groups in total. The molecule has 0 radical (unpaired) electrons. The van der Waals surface area contributed by atoms with E-state index in [1.54, 1.807) is 6.20 Å². The van der Waals surface area contributed by atoms with Crippen LogP contribution in [-0.2, 0) is 0 Å². The molecule has 4 heteroatoms. The molecule has 0 aliphatic carbocycles. The second-order valence-electron chi connectivity index (χ2n) is 3.93. The number of fused-ring (bicyclic) bond motifs is 1. The number of para-hydroxylation sites is 1. The summed E-state index contributed by atoms with van der Waals surface area (Å²) in [7, 11) is 0. The van der Waals surface area contributed by atoms with Gasteiger partial charge in [0.2, 0.25) is 5.88 Å². The van der Waals surface area contributed by atoms with Crippen LogP contribution in [0.3, 0.4) is 0 Å². The maximum atomic E-state index is 5.41. The first kappa shape index (κ1) is 10.8. The highest BCUT2D eigenvalue weighted by Crippen LogP contribution is 2.27. The Kier molecular flexibility index (Phi) is 2.68. The number of rotatable bonds is 3. The van der Waals surface area contributed by atoms with E-state index in [-0.39, 0.29) is 0 Å². The minimum atomic E-state index is 0.609. The lowest BCUT2D eigenvalue weighted by Crippen LogP contribution is -1.94. The minimum absolute atomic E-state index is 0.609. The largest absolute Gasteiger partial charge is 0.478 e. The molecule has 90 valence electrons. The van der Waals surface area contributed by atoms with Crippen molar-refractivity contribution in [2.45, 2.75) is 6.92 Å². The van der Waals surface area contributed by atoms with E-state index in [1.807, 2.05) is 37.3 Å². The molecule has 0 saturated heterocycles. The van der Waals surface area contributed by atoms with Gasteiger partial charge in [0.15, 0.2) is 0 Å². The summed E-state index contributed by atoms with van der Waals surface area (Å²) in [6, 6.07) is 11.9. The first-order valence-corrected chi connectivity index (χ1v) is 5.91. The number of ether oxygens (including phenoxy) is 1. The smallest absolute Gasteiger partial charge is 0.213 e. The third kappa shape index (κ3) is 1.82. The summed E-state index contributed by atoms with van der Waals surface area (Å²) in [5.74, 6) is 0.627. The Morgan fingerprint density at radius 3 is 3.00 bits per heavy atom. The Balaban J connectivity index is 2.11. The molecule has 3 aromatic rings. The van der Waals surface area contributed by atoms with E-state index >= 15 is 0 Å². The molecule has 0 amide bonds. The van der Waals surface area contributed by atoms with E-state index in [4.69, 9.17) is 4.74 Å². The SMILES string of the molecule is CCOc1cc(-c2n[nH]c3ccccc23)ccn1.